The number of hydrogen-bond acceptors (Lipinski definition) is 6. The summed E-state index contributed by atoms with van der Waals surface area (Å²) in [6, 6.07) is 15.0. The van der Waals surface area contributed by atoms with Crippen LogP contribution in [-0.4, -0.2) is 52.8 Å². The first-order chi connectivity index (χ1) is 15.5. The van der Waals surface area contributed by atoms with Gasteiger partial charge in [0.25, 0.3) is 5.56 Å². The van der Waals surface area contributed by atoms with Gasteiger partial charge in [0.05, 0.1) is 18.7 Å². The molecule has 32 heavy (non-hydrogen) atoms. The first kappa shape index (κ1) is 21.9. The van der Waals surface area contributed by atoms with Gasteiger partial charge in [0.2, 0.25) is 0 Å². The van der Waals surface area contributed by atoms with Gasteiger partial charge in [-0.3, -0.25) is 9.69 Å². The molecule has 7 heteroatoms. The van der Waals surface area contributed by atoms with Crippen LogP contribution < -0.4 is 15.2 Å². The highest BCUT2D eigenvalue weighted by molar-refractivity contribution is 5.44. The number of methoxy groups -OCH3 is 1. The molecule has 168 valence electrons. The second-order valence-electron chi connectivity index (χ2n) is 8.02. The molecular weight excluding hydrogens is 404 g/mol. The lowest BCUT2D eigenvalue weighted by Gasteiger charge is -2.40. The van der Waals surface area contributed by atoms with Gasteiger partial charge in [-0.2, -0.15) is 0 Å². The first-order valence-corrected chi connectivity index (χ1v) is 11.0. The van der Waals surface area contributed by atoms with Crippen molar-refractivity contribution in [2.75, 3.05) is 38.2 Å². The molecule has 3 aromatic rings. The Hall–Kier alpha value is -3.32. The zero-order chi connectivity index (χ0) is 22.7. The van der Waals surface area contributed by atoms with Gasteiger partial charge in [0.1, 0.15) is 17.3 Å². The number of aromatic nitrogens is 2. The second kappa shape index (κ2) is 9.44. The van der Waals surface area contributed by atoms with Crippen molar-refractivity contribution in [1.29, 1.82) is 0 Å². The van der Waals surface area contributed by atoms with E-state index in [2.05, 4.69) is 14.8 Å². The average Bonchev–Trinajstić information content (AvgIpc) is 2.82. The Balaban J connectivity index is 1.74. The quantitative estimate of drug-likeness (QED) is 0.643. The van der Waals surface area contributed by atoms with E-state index in [9.17, 15) is 9.90 Å². The molecule has 1 unspecified atom stereocenters. The zero-order valence-electron chi connectivity index (χ0n) is 18.9. The van der Waals surface area contributed by atoms with Gasteiger partial charge in [-0.25, -0.2) is 4.98 Å². The van der Waals surface area contributed by atoms with Gasteiger partial charge in [0.15, 0.2) is 0 Å². The first-order valence-electron chi connectivity index (χ1n) is 11.0. The maximum Gasteiger partial charge on any atom is 0.259 e. The smallest absolute Gasteiger partial charge is 0.259 e. The number of piperazine rings is 1. The van der Waals surface area contributed by atoms with Crippen molar-refractivity contribution in [3.63, 3.8) is 0 Å². The molecule has 0 spiro atoms. The van der Waals surface area contributed by atoms with Crippen LogP contribution in [0.5, 0.6) is 11.5 Å². The number of anilines is 1. The highest BCUT2D eigenvalue weighted by atomic mass is 16.5. The minimum Gasteiger partial charge on any atom is -0.507 e. The molecule has 2 aromatic heterocycles. The maximum atomic E-state index is 13.5. The summed E-state index contributed by atoms with van der Waals surface area (Å²) in [7, 11) is 1.63. The van der Waals surface area contributed by atoms with Gasteiger partial charge in [-0.1, -0.05) is 18.2 Å². The SMILES string of the molecule is CCn1c(C)cc(O)c(C(c2cccc(OC)c2)N2CCN(c3ccccn3)CC2)c1=O. The fourth-order valence-electron chi connectivity index (χ4n) is 4.54. The zero-order valence-corrected chi connectivity index (χ0v) is 18.9. The third-order valence-corrected chi connectivity index (χ3v) is 6.17. The summed E-state index contributed by atoms with van der Waals surface area (Å²) in [4.78, 5) is 22.4. The summed E-state index contributed by atoms with van der Waals surface area (Å²) in [5.41, 5.74) is 1.94. The maximum absolute atomic E-state index is 13.5. The van der Waals surface area contributed by atoms with E-state index in [0.717, 1.165) is 49.0 Å². The number of hydrogen-bond donors (Lipinski definition) is 1. The van der Waals surface area contributed by atoms with E-state index in [1.165, 1.54) is 0 Å². The van der Waals surface area contributed by atoms with Gasteiger partial charge in [-0.15, -0.1) is 0 Å². The van der Waals surface area contributed by atoms with Crippen LogP contribution in [0.1, 0.15) is 29.8 Å². The number of nitrogens with zero attached hydrogens (tertiary/aromatic N) is 4. The molecule has 4 rings (SSSR count). The topological polar surface area (TPSA) is 70.8 Å². The Labute approximate surface area is 188 Å². The van der Waals surface area contributed by atoms with Crippen LogP contribution in [0.3, 0.4) is 0 Å². The molecule has 1 saturated heterocycles. The van der Waals surface area contributed by atoms with Crippen LogP contribution in [-0.2, 0) is 6.54 Å². The lowest BCUT2D eigenvalue weighted by Crippen LogP contribution is -2.49. The number of ether oxygens (including phenoxy) is 1. The Morgan fingerprint density at radius 3 is 2.53 bits per heavy atom. The summed E-state index contributed by atoms with van der Waals surface area (Å²) in [6.45, 7) is 7.38. The molecule has 0 radical (unpaired) electrons. The molecule has 0 bridgehead atoms. The molecule has 1 N–H and O–H groups in total. The largest absolute Gasteiger partial charge is 0.507 e. The van der Waals surface area contributed by atoms with Crippen LogP contribution in [0.2, 0.25) is 0 Å². The Morgan fingerprint density at radius 1 is 1.09 bits per heavy atom. The minimum atomic E-state index is -0.373. The molecule has 0 saturated carbocycles. The van der Waals surface area contributed by atoms with Crippen molar-refractivity contribution in [2.45, 2.75) is 26.4 Å². The van der Waals surface area contributed by atoms with Crippen LogP contribution in [0.25, 0.3) is 0 Å². The highest BCUT2D eigenvalue weighted by Crippen LogP contribution is 2.35. The third-order valence-electron chi connectivity index (χ3n) is 6.17. The molecule has 1 atom stereocenters. The Kier molecular flexibility index (Phi) is 6.46. The number of benzene rings is 1. The second-order valence-corrected chi connectivity index (χ2v) is 8.02. The fourth-order valence-corrected chi connectivity index (χ4v) is 4.54. The number of aromatic hydroxyl groups is 1. The molecular formula is C25H30N4O3. The fraction of sp³-hybridized carbons (Fsp3) is 0.360. The molecule has 1 aliphatic heterocycles. The average molecular weight is 435 g/mol. The van der Waals surface area contributed by atoms with E-state index < -0.39 is 0 Å². The van der Waals surface area contributed by atoms with E-state index in [-0.39, 0.29) is 17.4 Å². The van der Waals surface area contributed by atoms with Crippen LogP contribution in [0.15, 0.2) is 59.5 Å². The number of rotatable bonds is 6. The van der Waals surface area contributed by atoms with Crippen molar-refractivity contribution in [2.24, 2.45) is 0 Å². The van der Waals surface area contributed by atoms with E-state index in [0.29, 0.717) is 12.1 Å². The highest BCUT2D eigenvalue weighted by Gasteiger charge is 2.31. The Bertz CT molecular complexity index is 1120. The van der Waals surface area contributed by atoms with Crippen molar-refractivity contribution in [3.8, 4) is 11.5 Å². The summed E-state index contributed by atoms with van der Waals surface area (Å²) < 4.78 is 7.16. The predicted molar refractivity (Wildman–Crippen MR) is 126 cm³/mol. The van der Waals surface area contributed by atoms with Crippen molar-refractivity contribution in [1.82, 2.24) is 14.5 Å². The van der Waals surface area contributed by atoms with Crippen LogP contribution in [0, 0.1) is 6.92 Å². The molecule has 1 fully saturated rings. The third kappa shape index (κ3) is 4.21. The van der Waals surface area contributed by atoms with Gasteiger partial charge in [0, 0.05) is 44.6 Å². The summed E-state index contributed by atoms with van der Waals surface area (Å²) in [5.74, 6) is 1.72. The standard InChI is InChI=1S/C25H30N4O3/c1-4-29-18(2)16-21(30)23(25(29)31)24(19-8-7-9-20(17-19)32-3)28-14-12-27(13-15-28)22-10-5-6-11-26-22/h5-11,16-17,24,30H,4,12-15H2,1-3H3. The monoisotopic (exact) mass is 434 g/mol. The van der Waals surface area contributed by atoms with Gasteiger partial charge < -0.3 is 19.3 Å². The van der Waals surface area contributed by atoms with E-state index >= 15 is 0 Å². The Morgan fingerprint density at radius 2 is 1.88 bits per heavy atom. The van der Waals surface area contributed by atoms with E-state index in [1.54, 1.807) is 23.9 Å². The lowest BCUT2D eigenvalue weighted by molar-refractivity contribution is 0.206. The normalized spacial score (nSPS) is 15.5. The lowest BCUT2D eigenvalue weighted by atomic mass is 9.95. The molecule has 3 heterocycles. The number of pyridine rings is 2. The van der Waals surface area contributed by atoms with Gasteiger partial charge >= 0.3 is 0 Å². The van der Waals surface area contributed by atoms with Crippen molar-refractivity contribution >= 4 is 5.82 Å². The van der Waals surface area contributed by atoms with Crippen LogP contribution >= 0.6 is 0 Å². The van der Waals surface area contributed by atoms with E-state index in [4.69, 9.17) is 4.74 Å². The van der Waals surface area contributed by atoms with Gasteiger partial charge in [-0.05, 0) is 49.7 Å². The number of aryl methyl sites for hydroxylation is 1. The minimum absolute atomic E-state index is 0.0391. The van der Waals surface area contributed by atoms with Crippen molar-refractivity contribution in [3.05, 3.63) is 81.9 Å². The molecule has 0 amide bonds. The summed E-state index contributed by atoms with van der Waals surface area (Å²) >= 11 is 0. The molecule has 7 nitrogen and oxygen atoms in total. The van der Waals surface area contributed by atoms with E-state index in [1.807, 2.05) is 56.3 Å². The predicted octanol–water partition coefficient (Wildman–Crippen LogP) is 3.20. The molecule has 0 aliphatic carbocycles. The molecule has 1 aromatic carbocycles. The van der Waals surface area contributed by atoms with Crippen LogP contribution in [0.4, 0.5) is 5.82 Å². The summed E-state index contributed by atoms with van der Waals surface area (Å²) in [5, 5.41) is 10.9. The van der Waals surface area contributed by atoms with Crippen molar-refractivity contribution < 1.29 is 9.84 Å². The molecule has 1 aliphatic rings. The summed E-state index contributed by atoms with van der Waals surface area (Å²) in [6.07, 6.45) is 1.80.